The second-order valence-electron chi connectivity index (χ2n) is 14.8. The molecule has 0 fully saturated rings. The Morgan fingerprint density at radius 2 is 1.60 bits per heavy atom. The average molecular weight is 686 g/mol. The highest BCUT2D eigenvalue weighted by Gasteiger charge is 2.24. The van der Waals surface area contributed by atoms with Gasteiger partial charge in [0.2, 0.25) is 0 Å². The molecule has 0 bridgehead atoms. The minimum Gasteiger partial charge on any atom is -0.456 e. The van der Waals surface area contributed by atoms with E-state index >= 15 is 0 Å². The zero-order valence-electron chi connectivity index (χ0n) is 29.6. The number of fused-ring (bicyclic) bond motifs is 7. The van der Waals surface area contributed by atoms with Gasteiger partial charge >= 0.3 is 0 Å². The molecule has 3 aliphatic carbocycles. The molecule has 0 amide bonds. The molecule has 0 aliphatic heterocycles. The smallest absolute Gasteiger partial charge is 0.141 e. The molecule has 4 nitrogen and oxygen atoms in total. The van der Waals surface area contributed by atoms with Gasteiger partial charge in [-0.3, -0.25) is 0 Å². The van der Waals surface area contributed by atoms with E-state index in [1.165, 1.54) is 61.4 Å². The van der Waals surface area contributed by atoms with Crippen molar-refractivity contribution in [2.45, 2.75) is 50.5 Å². The van der Waals surface area contributed by atoms with Crippen LogP contribution in [0.2, 0.25) is 0 Å². The number of benzene rings is 5. The lowest BCUT2D eigenvalue weighted by Crippen LogP contribution is -2.12. The number of furan rings is 1. The molecule has 0 radical (unpaired) electrons. The van der Waals surface area contributed by atoms with Gasteiger partial charge in [0.1, 0.15) is 17.0 Å². The van der Waals surface area contributed by atoms with Crippen molar-refractivity contribution in [2.75, 3.05) is 0 Å². The lowest BCUT2D eigenvalue weighted by molar-refractivity contribution is 0.524. The number of imidazole rings is 1. The van der Waals surface area contributed by atoms with Crippen LogP contribution in [0.1, 0.15) is 67.4 Å². The standard InChI is InChI=1S/C49H39N3O/c1-3-12-32(13-4-1)35-26-28-40-39-16-7-9-19-43(39)51(45(40)30-35)37-27-29-41-47(31-37)53-46-21-11-17-38(48(41)46)33-22-24-34(25-23-33)49-50-42-18-8-10-20-44(42)52(49)36-14-5-2-6-15-36/h1,3,5,7-12,14,16-22,24-31,33,36H,2,4,6,13,15,23H2. The Morgan fingerprint density at radius 1 is 0.717 bits per heavy atom. The average Bonchev–Trinajstić information content (AvgIpc) is 3.91. The SMILES string of the molecule is C1=CCCC(c2ccc3c4ccccc4n(-c4ccc5c(c4)oc4cccc(C6C=CC(c7nc8ccccc8n7C7C=CCCC7)=CC6)c45)c3c2)=C1. The summed E-state index contributed by atoms with van der Waals surface area (Å²) in [5.41, 5.74) is 12.9. The summed E-state index contributed by atoms with van der Waals surface area (Å²) in [6.45, 7) is 0. The fourth-order valence-corrected chi connectivity index (χ4v) is 9.19. The molecule has 0 N–H and O–H groups in total. The third kappa shape index (κ3) is 4.93. The van der Waals surface area contributed by atoms with Crippen molar-refractivity contribution in [3.05, 3.63) is 169 Å². The number of nitrogens with zero attached hydrogens (tertiary/aromatic N) is 3. The summed E-state index contributed by atoms with van der Waals surface area (Å²) in [4.78, 5) is 5.17. The number of allylic oxidation sites excluding steroid dienone is 10. The Hall–Kier alpha value is -6.13. The third-order valence-electron chi connectivity index (χ3n) is 11.7. The van der Waals surface area contributed by atoms with Crippen molar-refractivity contribution in [2.24, 2.45) is 0 Å². The first kappa shape index (κ1) is 30.5. The van der Waals surface area contributed by atoms with E-state index in [1.54, 1.807) is 0 Å². The molecule has 256 valence electrons. The van der Waals surface area contributed by atoms with Gasteiger partial charge in [-0.1, -0.05) is 103 Å². The van der Waals surface area contributed by atoms with Gasteiger partial charge < -0.3 is 13.6 Å². The van der Waals surface area contributed by atoms with Crippen molar-refractivity contribution in [1.29, 1.82) is 0 Å². The van der Waals surface area contributed by atoms with Crippen LogP contribution in [0.15, 0.2) is 156 Å². The van der Waals surface area contributed by atoms with Crippen LogP contribution >= 0.6 is 0 Å². The van der Waals surface area contributed by atoms with Crippen LogP contribution < -0.4 is 0 Å². The molecule has 3 heterocycles. The number of rotatable bonds is 5. The minimum absolute atomic E-state index is 0.245. The Morgan fingerprint density at radius 3 is 2.47 bits per heavy atom. The molecule has 2 unspecified atom stereocenters. The second-order valence-corrected chi connectivity index (χ2v) is 14.8. The van der Waals surface area contributed by atoms with E-state index in [9.17, 15) is 0 Å². The Bertz CT molecular complexity index is 2920. The molecule has 4 heteroatoms. The number of para-hydroxylation sites is 3. The topological polar surface area (TPSA) is 35.9 Å². The normalized spacial score (nSPS) is 18.9. The van der Waals surface area contributed by atoms with Crippen molar-refractivity contribution in [3.63, 3.8) is 0 Å². The number of aromatic nitrogens is 3. The van der Waals surface area contributed by atoms with Crippen molar-refractivity contribution in [1.82, 2.24) is 14.1 Å². The van der Waals surface area contributed by atoms with Gasteiger partial charge in [0.25, 0.3) is 0 Å². The molecule has 11 rings (SSSR count). The van der Waals surface area contributed by atoms with Gasteiger partial charge in [-0.05, 0) is 97.7 Å². The van der Waals surface area contributed by atoms with Crippen LogP contribution in [-0.4, -0.2) is 14.1 Å². The largest absolute Gasteiger partial charge is 0.456 e. The predicted octanol–water partition coefficient (Wildman–Crippen LogP) is 13.2. The van der Waals surface area contributed by atoms with Crippen molar-refractivity contribution < 1.29 is 4.42 Å². The Balaban J connectivity index is 0.982. The highest BCUT2D eigenvalue weighted by atomic mass is 16.3. The van der Waals surface area contributed by atoms with Crippen LogP contribution in [-0.2, 0) is 0 Å². The Kier molecular flexibility index (Phi) is 7.04. The summed E-state index contributed by atoms with van der Waals surface area (Å²) >= 11 is 0. The van der Waals surface area contributed by atoms with Gasteiger partial charge in [0.15, 0.2) is 0 Å². The van der Waals surface area contributed by atoms with E-state index in [4.69, 9.17) is 9.40 Å². The first-order valence-corrected chi connectivity index (χ1v) is 19.2. The molecule has 0 saturated heterocycles. The zero-order chi connectivity index (χ0) is 34.9. The molecular weight excluding hydrogens is 647 g/mol. The highest BCUT2D eigenvalue weighted by Crippen LogP contribution is 2.42. The maximum atomic E-state index is 6.68. The summed E-state index contributed by atoms with van der Waals surface area (Å²) in [5, 5.41) is 4.90. The van der Waals surface area contributed by atoms with E-state index in [2.05, 4.69) is 161 Å². The highest BCUT2D eigenvalue weighted by molar-refractivity contribution is 6.11. The second kappa shape index (κ2) is 12.2. The van der Waals surface area contributed by atoms with Gasteiger partial charge in [0, 0.05) is 44.8 Å². The molecular formula is C49H39N3O. The van der Waals surface area contributed by atoms with Crippen LogP contribution in [0, 0.1) is 0 Å². The van der Waals surface area contributed by atoms with E-state index in [0.29, 0.717) is 6.04 Å². The first-order valence-electron chi connectivity index (χ1n) is 19.2. The van der Waals surface area contributed by atoms with Crippen LogP contribution in [0.3, 0.4) is 0 Å². The van der Waals surface area contributed by atoms with E-state index in [1.807, 2.05) is 0 Å². The third-order valence-corrected chi connectivity index (χ3v) is 11.7. The lowest BCUT2D eigenvalue weighted by Gasteiger charge is -2.23. The summed E-state index contributed by atoms with van der Waals surface area (Å²) < 4.78 is 11.6. The van der Waals surface area contributed by atoms with E-state index in [0.717, 1.165) is 65.7 Å². The monoisotopic (exact) mass is 685 g/mol. The number of hydrogen-bond acceptors (Lipinski definition) is 2. The fraction of sp³-hybridized carbons (Fsp3) is 0.163. The summed E-state index contributed by atoms with van der Waals surface area (Å²) in [7, 11) is 0. The van der Waals surface area contributed by atoms with E-state index < -0.39 is 0 Å². The molecule has 3 aromatic heterocycles. The van der Waals surface area contributed by atoms with Gasteiger partial charge in [-0.15, -0.1) is 0 Å². The maximum absolute atomic E-state index is 6.68. The van der Waals surface area contributed by atoms with Crippen LogP contribution in [0.25, 0.3) is 71.6 Å². The fourth-order valence-electron chi connectivity index (χ4n) is 9.19. The molecule has 0 saturated carbocycles. The quantitative estimate of drug-likeness (QED) is 0.169. The maximum Gasteiger partial charge on any atom is 0.141 e. The van der Waals surface area contributed by atoms with Crippen LogP contribution in [0.4, 0.5) is 0 Å². The molecule has 8 aromatic rings. The van der Waals surface area contributed by atoms with Gasteiger partial charge in [-0.2, -0.15) is 0 Å². The summed E-state index contributed by atoms with van der Waals surface area (Å²) in [5.74, 6) is 1.32. The molecule has 5 aromatic carbocycles. The van der Waals surface area contributed by atoms with Crippen LogP contribution in [0.5, 0.6) is 0 Å². The summed E-state index contributed by atoms with van der Waals surface area (Å²) in [6, 6.07) is 37.9. The Labute approximate surface area is 308 Å². The zero-order valence-corrected chi connectivity index (χ0v) is 29.6. The molecule has 0 spiro atoms. The molecule has 53 heavy (non-hydrogen) atoms. The van der Waals surface area contributed by atoms with Crippen molar-refractivity contribution in [3.8, 4) is 5.69 Å². The first-order chi connectivity index (χ1) is 26.3. The minimum atomic E-state index is 0.245. The van der Waals surface area contributed by atoms with Gasteiger partial charge in [-0.25, -0.2) is 4.98 Å². The van der Waals surface area contributed by atoms with Crippen molar-refractivity contribution >= 4 is 65.9 Å². The van der Waals surface area contributed by atoms with Gasteiger partial charge in [0.05, 0.1) is 28.1 Å². The molecule has 2 atom stereocenters. The lowest BCUT2D eigenvalue weighted by atomic mass is 9.87. The summed E-state index contributed by atoms with van der Waals surface area (Å²) in [6.07, 6.45) is 25.1. The predicted molar refractivity (Wildman–Crippen MR) is 221 cm³/mol. The van der Waals surface area contributed by atoms with E-state index in [-0.39, 0.29) is 5.92 Å². The number of hydrogen-bond donors (Lipinski definition) is 0. The molecule has 3 aliphatic rings.